The molecule has 0 N–H and O–H groups in total. The Morgan fingerprint density at radius 2 is 2.31 bits per heavy atom. The summed E-state index contributed by atoms with van der Waals surface area (Å²) in [7, 11) is 0. The first-order valence-corrected chi connectivity index (χ1v) is 4.43. The van der Waals surface area contributed by atoms with Gasteiger partial charge in [-0.2, -0.15) is 5.26 Å². The summed E-state index contributed by atoms with van der Waals surface area (Å²) in [4.78, 5) is 6.51. The lowest BCUT2D eigenvalue weighted by Gasteiger charge is -2.33. The number of hydrogen-bond acceptors (Lipinski definition) is 3. The van der Waals surface area contributed by atoms with Gasteiger partial charge in [-0.1, -0.05) is 0 Å². The van der Waals surface area contributed by atoms with Gasteiger partial charge < -0.3 is 4.90 Å². The van der Waals surface area contributed by atoms with Crippen LogP contribution in [0, 0.1) is 18.3 Å². The van der Waals surface area contributed by atoms with Gasteiger partial charge in [0.2, 0.25) is 0 Å². The maximum absolute atomic E-state index is 8.66. The number of nitriles is 1. The molecule has 0 saturated carbocycles. The van der Waals surface area contributed by atoms with Crippen molar-refractivity contribution in [3.63, 3.8) is 0 Å². The largest absolute Gasteiger partial charge is 0.356 e. The van der Waals surface area contributed by atoms with Crippen LogP contribution in [0.5, 0.6) is 0 Å². The van der Waals surface area contributed by atoms with Crippen LogP contribution in [0.2, 0.25) is 0 Å². The van der Waals surface area contributed by atoms with E-state index in [9.17, 15) is 0 Å². The lowest BCUT2D eigenvalue weighted by molar-refractivity contribution is 0.608. The third kappa shape index (κ3) is 1.35. The zero-order valence-corrected chi connectivity index (χ0v) is 7.62. The minimum Gasteiger partial charge on any atom is -0.356 e. The van der Waals surface area contributed by atoms with Crippen molar-refractivity contribution in [3.8, 4) is 6.07 Å². The Balaban J connectivity index is 2.32. The second-order valence-corrected chi connectivity index (χ2v) is 3.32. The molecular formula is C10H11N3. The Morgan fingerprint density at radius 3 is 2.77 bits per heavy atom. The Hall–Kier alpha value is -1.56. The first-order chi connectivity index (χ1) is 6.31. The molecule has 1 aliphatic rings. The molecule has 2 heterocycles. The minimum atomic E-state index is 0.641. The zero-order chi connectivity index (χ0) is 9.26. The van der Waals surface area contributed by atoms with Crippen molar-refractivity contribution >= 4 is 5.82 Å². The average molecular weight is 173 g/mol. The minimum absolute atomic E-state index is 0.641. The molecule has 1 saturated heterocycles. The summed E-state index contributed by atoms with van der Waals surface area (Å²) >= 11 is 0. The number of nitrogens with zero attached hydrogens (tertiary/aromatic N) is 3. The Bertz CT molecular complexity index is 361. The van der Waals surface area contributed by atoms with Crippen LogP contribution < -0.4 is 4.90 Å². The lowest BCUT2D eigenvalue weighted by Crippen LogP contribution is -2.38. The van der Waals surface area contributed by atoms with Gasteiger partial charge in [-0.05, 0) is 25.0 Å². The molecule has 66 valence electrons. The summed E-state index contributed by atoms with van der Waals surface area (Å²) < 4.78 is 0. The number of pyridine rings is 1. The van der Waals surface area contributed by atoms with E-state index in [1.807, 2.05) is 13.0 Å². The predicted octanol–water partition coefficient (Wildman–Crippen LogP) is 1.47. The van der Waals surface area contributed by atoms with E-state index in [4.69, 9.17) is 5.26 Å². The van der Waals surface area contributed by atoms with Gasteiger partial charge in [0.25, 0.3) is 0 Å². The van der Waals surface area contributed by atoms with Crippen LogP contribution in [0.1, 0.15) is 17.5 Å². The fraction of sp³-hybridized carbons (Fsp3) is 0.400. The molecule has 1 fully saturated rings. The van der Waals surface area contributed by atoms with E-state index in [0.29, 0.717) is 5.56 Å². The van der Waals surface area contributed by atoms with Crippen molar-refractivity contribution in [1.29, 1.82) is 5.26 Å². The van der Waals surface area contributed by atoms with E-state index in [2.05, 4.69) is 16.0 Å². The number of aryl methyl sites for hydroxylation is 1. The van der Waals surface area contributed by atoms with Crippen molar-refractivity contribution < 1.29 is 0 Å². The average Bonchev–Trinajstić information content (AvgIpc) is 2.05. The van der Waals surface area contributed by atoms with E-state index in [1.54, 1.807) is 6.20 Å². The highest BCUT2D eigenvalue weighted by Gasteiger charge is 2.17. The van der Waals surface area contributed by atoms with Gasteiger partial charge in [-0.15, -0.1) is 0 Å². The molecular weight excluding hydrogens is 162 g/mol. The molecule has 0 aromatic carbocycles. The highest BCUT2D eigenvalue weighted by atomic mass is 15.2. The normalized spacial score (nSPS) is 14.9. The molecule has 1 aromatic rings. The molecule has 13 heavy (non-hydrogen) atoms. The first-order valence-electron chi connectivity index (χ1n) is 4.43. The molecule has 0 amide bonds. The number of rotatable bonds is 1. The Morgan fingerprint density at radius 1 is 1.54 bits per heavy atom. The summed E-state index contributed by atoms with van der Waals surface area (Å²) in [6.07, 6.45) is 2.89. The van der Waals surface area contributed by atoms with Gasteiger partial charge in [0.15, 0.2) is 0 Å². The van der Waals surface area contributed by atoms with Crippen molar-refractivity contribution in [1.82, 2.24) is 4.98 Å². The third-order valence-corrected chi connectivity index (χ3v) is 2.34. The molecule has 3 heteroatoms. The molecule has 0 spiro atoms. The maximum atomic E-state index is 8.66. The van der Waals surface area contributed by atoms with Crippen LogP contribution in [-0.2, 0) is 0 Å². The van der Waals surface area contributed by atoms with E-state index in [1.165, 1.54) is 6.42 Å². The summed E-state index contributed by atoms with van der Waals surface area (Å²) in [5.74, 6) is 1.03. The first kappa shape index (κ1) is 8.06. The molecule has 1 aliphatic heterocycles. The van der Waals surface area contributed by atoms with Gasteiger partial charge in [-0.3, -0.25) is 0 Å². The van der Waals surface area contributed by atoms with Gasteiger partial charge in [0.1, 0.15) is 11.9 Å². The van der Waals surface area contributed by atoms with Gasteiger partial charge in [0.05, 0.1) is 5.56 Å². The molecule has 0 aliphatic carbocycles. The molecule has 1 aromatic heterocycles. The topological polar surface area (TPSA) is 39.9 Å². The maximum Gasteiger partial charge on any atom is 0.131 e. The van der Waals surface area contributed by atoms with Gasteiger partial charge in [-0.25, -0.2) is 4.98 Å². The fourth-order valence-electron chi connectivity index (χ4n) is 1.49. The van der Waals surface area contributed by atoms with Gasteiger partial charge >= 0.3 is 0 Å². The quantitative estimate of drug-likeness (QED) is 0.645. The van der Waals surface area contributed by atoms with Crippen LogP contribution >= 0.6 is 0 Å². The molecule has 0 bridgehead atoms. The zero-order valence-electron chi connectivity index (χ0n) is 7.62. The Labute approximate surface area is 77.6 Å². The Kier molecular flexibility index (Phi) is 1.90. The van der Waals surface area contributed by atoms with Crippen molar-refractivity contribution in [2.75, 3.05) is 18.0 Å². The van der Waals surface area contributed by atoms with Crippen LogP contribution in [0.3, 0.4) is 0 Å². The van der Waals surface area contributed by atoms with Crippen molar-refractivity contribution in [2.24, 2.45) is 0 Å². The molecule has 2 rings (SSSR count). The summed E-state index contributed by atoms with van der Waals surface area (Å²) in [6, 6.07) is 3.98. The molecule has 0 radical (unpaired) electrons. The highest BCUT2D eigenvalue weighted by molar-refractivity contribution is 5.50. The number of aromatic nitrogens is 1. The number of anilines is 1. The van der Waals surface area contributed by atoms with E-state index in [-0.39, 0.29) is 0 Å². The van der Waals surface area contributed by atoms with Gasteiger partial charge in [0, 0.05) is 19.3 Å². The highest BCUT2D eigenvalue weighted by Crippen LogP contribution is 2.22. The number of hydrogen-bond donors (Lipinski definition) is 0. The molecule has 0 unspecified atom stereocenters. The SMILES string of the molecule is Cc1cc(C#N)cnc1N1CCC1. The van der Waals surface area contributed by atoms with E-state index < -0.39 is 0 Å². The smallest absolute Gasteiger partial charge is 0.131 e. The third-order valence-electron chi connectivity index (χ3n) is 2.34. The predicted molar refractivity (Wildman–Crippen MR) is 50.5 cm³/mol. The summed E-state index contributed by atoms with van der Waals surface area (Å²) in [6.45, 7) is 4.20. The van der Waals surface area contributed by atoms with Crippen molar-refractivity contribution in [3.05, 3.63) is 23.4 Å². The van der Waals surface area contributed by atoms with E-state index in [0.717, 1.165) is 24.5 Å². The second-order valence-electron chi connectivity index (χ2n) is 3.32. The van der Waals surface area contributed by atoms with Crippen LogP contribution in [0.25, 0.3) is 0 Å². The lowest BCUT2D eigenvalue weighted by atomic mass is 10.1. The molecule has 0 atom stereocenters. The van der Waals surface area contributed by atoms with Crippen LogP contribution in [0.15, 0.2) is 12.3 Å². The van der Waals surface area contributed by atoms with Crippen molar-refractivity contribution in [2.45, 2.75) is 13.3 Å². The summed E-state index contributed by atoms with van der Waals surface area (Å²) in [5.41, 5.74) is 1.74. The molecule has 3 nitrogen and oxygen atoms in total. The van der Waals surface area contributed by atoms with Crippen LogP contribution in [-0.4, -0.2) is 18.1 Å². The monoisotopic (exact) mass is 173 g/mol. The van der Waals surface area contributed by atoms with Crippen LogP contribution in [0.4, 0.5) is 5.82 Å². The standard InChI is InChI=1S/C10H11N3/c1-8-5-9(6-11)7-12-10(8)13-3-2-4-13/h5,7H,2-4H2,1H3. The fourth-order valence-corrected chi connectivity index (χ4v) is 1.49. The van der Waals surface area contributed by atoms with E-state index >= 15 is 0 Å². The second kappa shape index (κ2) is 3.06. The summed E-state index contributed by atoms with van der Waals surface area (Å²) in [5, 5.41) is 8.66.